The molecule has 1 aromatic heterocycles. The molecule has 96 valence electrons. The molecule has 0 bridgehead atoms. The summed E-state index contributed by atoms with van der Waals surface area (Å²) < 4.78 is 0. The molecular formula is C14H14N4O. The molecule has 0 saturated heterocycles. The Morgan fingerprint density at radius 1 is 1.32 bits per heavy atom. The van der Waals surface area contributed by atoms with Gasteiger partial charge in [-0.3, -0.25) is 0 Å². The van der Waals surface area contributed by atoms with Gasteiger partial charge in [0.05, 0.1) is 17.7 Å². The number of pyridine rings is 1. The third-order valence-corrected chi connectivity index (χ3v) is 2.69. The van der Waals surface area contributed by atoms with Gasteiger partial charge in [-0.1, -0.05) is 12.1 Å². The number of nitrogen functional groups attached to an aromatic ring is 1. The van der Waals surface area contributed by atoms with Crippen LogP contribution in [0.15, 0.2) is 42.6 Å². The Labute approximate surface area is 111 Å². The predicted octanol–water partition coefficient (Wildman–Crippen LogP) is 1.68. The van der Waals surface area contributed by atoms with E-state index >= 15 is 0 Å². The van der Waals surface area contributed by atoms with Crippen LogP contribution in [-0.2, 0) is 0 Å². The van der Waals surface area contributed by atoms with Gasteiger partial charge in [-0.25, -0.2) is 4.98 Å². The number of aliphatic hydroxyl groups excluding tert-OH is 1. The van der Waals surface area contributed by atoms with Gasteiger partial charge in [-0.2, -0.15) is 5.26 Å². The van der Waals surface area contributed by atoms with Crippen molar-refractivity contribution in [3.05, 3.63) is 53.7 Å². The summed E-state index contributed by atoms with van der Waals surface area (Å²) in [6.07, 6.45) is 0.893. The van der Waals surface area contributed by atoms with Crippen LogP contribution in [0, 0.1) is 11.3 Å². The maximum absolute atomic E-state index is 10.0. The van der Waals surface area contributed by atoms with E-state index in [1.165, 1.54) is 0 Å². The predicted molar refractivity (Wildman–Crippen MR) is 73.3 cm³/mol. The molecular weight excluding hydrogens is 240 g/mol. The Kier molecular flexibility index (Phi) is 3.96. The summed E-state index contributed by atoms with van der Waals surface area (Å²) in [6.45, 7) is 0.311. The number of nitrogens with one attached hydrogen (secondary N) is 1. The zero-order valence-corrected chi connectivity index (χ0v) is 10.2. The Balaban J connectivity index is 1.98. The van der Waals surface area contributed by atoms with Gasteiger partial charge in [0.1, 0.15) is 5.82 Å². The van der Waals surface area contributed by atoms with Crippen LogP contribution in [0.4, 0.5) is 11.5 Å². The quantitative estimate of drug-likeness (QED) is 0.721. The van der Waals surface area contributed by atoms with Crippen molar-refractivity contribution in [2.45, 2.75) is 6.10 Å². The van der Waals surface area contributed by atoms with E-state index in [4.69, 9.17) is 11.0 Å². The summed E-state index contributed by atoms with van der Waals surface area (Å²) in [7, 11) is 0. The van der Waals surface area contributed by atoms with Gasteiger partial charge in [-0.15, -0.1) is 0 Å². The molecule has 2 rings (SSSR count). The maximum atomic E-state index is 10.0. The number of hydrogen-bond donors (Lipinski definition) is 3. The summed E-state index contributed by atoms with van der Waals surface area (Å²) in [5.41, 5.74) is 7.55. The number of benzene rings is 1. The minimum absolute atomic E-state index is 0.311. The number of nitrogens with two attached hydrogens (primary N) is 1. The van der Waals surface area contributed by atoms with E-state index in [2.05, 4.69) is 10.3 Å². The van der Waals surface area contributed by atoms with Gasteiger partial charge in [-0.05, 0) is 29.8 Å². The molecule has 2 aromatic rings. The Morgan fingerprint density at radius 3 is 2.74 bits per heavy atom. The molecule has 4 N–H and O–H groups in total. The summed E-state index contributed by atoms with van der Waals surface area (Å²) in [6, 6.07) is 12.3. The number of nitrogens with zero attached hydrogens (tertiary/aromatic N) is 2. The van der Waals surface area contributed by atoms with Crippen LogP contribution < -0.4 is 11.1 Å². The lowest BCUT2D eigenvalue weighted by molar-refractivity contribution is 0.191. The summed E-state index contributed by atoms with van der Waals surface area (Å²) in [4.78, 5) is 4.07. The first kappa shape index (κ1) is 12.9. The van der Waals surface area contributed by atoms with Gasteiger partial charge in [0.15, 0.2) is 0 Å². The van der Waals surface area contributed by atoms with E-state index in [0.29, 0.717) is 23.6 Å². The van der Waals surface area contributed by atoms with Crippen molar-refractivity contribution < 1.29 is 5.11 Å². The van der Waals surface area contributed by atoms with Gasteiger partial charge in [0.25, 0.3) is 0 Å². The zero-order chi connectivity index (χ0) is 13.7. The van der Waals surface area contributed by atoms with E-state index in [-0.39, 0.29) is 0 Å². The molecule has 0 spiro atoms. The van der Waals surface area contributed by atoms with Crippen LogP contribution in [0.3, 0.4) is 0 Å². The second-order valence-electron chi connectivity index (χ2n) is 4.10. The van der Waals surface area contributed by atoms with Gasteiger partial charge in [0.2, 0.25) is 0 Å². The minimum Gasteiger partial charge on any atom is -0.399 e. The SMILES string of the molecule is N#Cc1ccnc(NCC(O)c2ccc(N)cc2)c1. The molecule has 1 heterocycles. The largest absolute Gasteiger partial charge is 0.399 e. The van der Waals surface area contributed by atoms with Crippen LogP contribution in [0.5, 0.6) is 0 Å². The molecule has 19 heavy (non-hydrogen) atoms. The molecule has 0 radical (unpaired) electrons. The first-order valence-corrected chi connectivity index (χ1v) is 5.82. The first-order chi connectivity index (χ1) is 9.19. The molecule has 1 aromatic carbocycles. The van der Waals surface area contributed by atoms with Gasteiger partial charge in [0, 0.05) is 18.4 Å². The maximum Gasteiger partial charge on any atom is 0.127 e. The highest BCUT2D eigenvalue weighted by Crippen LogP contribution is 2.15. The summed E-state index contributed by atoms with van der Waals surface area (Å²) in [5, 5.41) is 21.8. The number of anilines is 2. The van der Waals surface area contributed by atoms with E-state index in [9.17, 15) is 5.11 Å². The van der Waals surface area contributed by atoms with Crippen LogP contribution >= 0.6 is 0 Å². The second-order valence-corrected chi connectivity index (χ2v) is 4.10. The fourth-order valence-corrected chi connectivity index (χ4v) is 1.63. The second kappa shape index (κ2) is 5.85. The fraction of sp³-hybridized carbons (Fsp3) is 0.143. The van der Waals surface area contributed by atoms with E-state index < -0.39 is 6.10 Å². The molecule has 1 unspecified atom stereocenters. The fourth-order valence-electron chi connectivity index (χ4n) is 1.63. The molecule has 0 aliphatic heterocycles. The molecule has 0 aliphatic rings. The molecule has 0 amide bonds. The summed E-state index contributed by atoms with van der Waals surface area (Å²) >= 11 is 0. The third-order valence-electron chi connectivity index (χ3n) is 2.69. The lowest BCUT2D eigenvalue weighted by Gasteiger charge is -2.12. The molecule has 5 nitrogen and oxygen atoms in total. The Morgan fingerprint density at radius 2 is 2.05 bits per heavy atom. The van der Waals surface area contributed by atoms with Crippen molar-refractivity contribution in [1.29, 1.82) is 5.26 Å². The number of nitriles is 1. The van der Waals surface area contributed by atoms with Crippen LogP contribution in [0.1, 0.15) is 17.2 Å². The van der Waals surface area contributed by atoms with E-state index in [1.807, 2.05) is 6.07 Å². The average molecular weight is 254 g/mol. The normalized spacial score (nSPS) is 11.6. The van der Waals surface area contributed by atoms with Crippen molar-refractivity contribution in [2.24, 2.45) is 0 Å². The highest BCUT2D eigenvalue weighted by molar-refractivity contribution is 5.43. The topological polar surface area (TPSA) is 95.0 Å². The number of hydrogen-bond acceptors (Lipinski definition) is 5. The molecule has 0 saturated carbocycles. The lowest BCUT2D eigenvalue weighted by Crippen LogP contribution is -2.13. The van der Waals surface area contributed by atoms with Crippen molar-refractivity contribution in [3.63, 3.8) is 0 Å². The number of aliphatic hydroxyl groups is 1. The molecule has 0 fully saturated rings. The lowest BCUT2D eigenvalue weighted by atomic mass is 10.1. The summed E-state index contributed by atoms with van der Waals surface area (Å²) in [5.74, 6) is 0.563. The van der Waals surface area contributed by atoms with Crippen LogP contribution in [-0.4, -0.2) is 16.6 Å². The highest BCUT2D eigenvalue weighted by atomic mass is 16.3. The minimum atomic E-state index is -0.659. The van der Waals surface area contributed by atoms with E-state index in [1.54, 1.807) is 42.6 Å². The van der Waals surface area contributed by atoms with Crippen molar-refractivity contribution in [1.82, 2.24) is 4.98 Å². The van der Waals surface area contributed by atoms with Crippen molar-refractivity contribution in [2.75, 3.05) is 17.6 Å². The first-order valence-electron chi connectivity index (χ1n) is 5.82. The monoisotopic (exact) mass is 254 g/mol. The van der Waals surface area contributed by atoms with Gasteiger partial charge >= 0.3 is 0 Å². The van der Waals surface area contributed by atoms with Crippen LogP contribution in [0.25, 0.3) is 0 Å². The molecule has 1 atom stereocenters. The third kappa shape index (κ3) is 3.44. The Hall–Kier alpha value is -2.58. The van der Waals surface area contributed by atoms with Crippen molar-refractivity contribution >= 4 is 11.5 Å². The van der Waals surface area contributed by atoms with E-state index in [0.717, 1.165) is 5.56 Å². The molecule has 0 aliphatic carbocycles. The number of rotatable bonds is 4. The zero-order valence-electron chi connectivity index (χ0n) is 10.2. The smallest absolute Gasteiger partial charge is 0.127 e. The Bertz CT molecular complexity index is 589. The van der Waals surface area contributed by atoms with Crippen molar-refractivity contribution in [3.8, 4) is 6.07 Å². The number of aromatic nitrogens is 1. The highest BCUT2D eigenvalue weighted by Gasteiger charge is 2.07. The van der Waals surface area contributed by atoms with Gasteiger partial charge < -0.3 is 16.2 Å². The standard InChI is InChI=1S/C14H14N4O/c15-8-10-5-6-17-14(7-10)18-9-13(19)11-1-3-12(16)4-2-11/h1-7,13,19H,9,16H2,(H,17,18). The van der Waals surface area contributed by atoms with Crippen LogP contribution in [0.2, 0.25) is 0 Å². The average Bonchev–Trinajstić information content (AvgIpc) is 2.46. The molecule has 5 heteroatoms.